The van der Waals surface area contributed by atoms with Gasteiger partial charge in [0.25, 0.3) is 5.78 Å². The van der Waals surface area contributed by atoms with Gasteiger partial charge in [0.2, 0.25) is 0 Å². The van der Waals surface area contributed by atoms with Crippen molar-refractivity contribution in [2.45, 2.75) is 25.4 Å². The van der Waals surface area contributed by atoms with E-state index in [1.807, 2.05) is 0 Å². The lowest BCUT2D eigenvalue weighted by Gasteiger charge is -2.19. The first kappa shape index (κ1) is 16.9. The number of hydrogen-bond acceptors (Lipinski definition) is 4. The minimum Gasteiger partial charge on any atom is -0.507 e. The van der Waals surface area contributed by atoms with E-state index in [2.05, 4.69) is 0 Å². The molecular formula is C16H15F3O4. The van der Waals surface area contributed by atoms with Crippen molar-refractivity contribution in [3.63, 3.8) is 0 Å². The second kappa shape index (κ2) is 6.36. The number of Topliss-reactive ketones (excluding diaryl/α,β-unsaturated/α-hetero) is 1. The molecule has 1 aliphatic rings. The summed E-state index contributed by atoms with van der Waals surface area (Å²) in [5.74, 6) is -2.51. The molecule has 0 heterocycles. The van der Waals surface area contributed by atoms with Crippen LogP contribution in [-0.2, 0) is 4.79 Å². The van der Waals surface area contributed by atoms with Gasteiger partial charge in [-0.05, 0) is 48.6 Å². The lowest BCUT2D eigenvalue weighted by atomic mass is 9.89. The molecule has 2 N–H and O–H groups in total. The number of alkyl halides is 3. The number of aliphatic hydroxyl groups excluding tert-OH is 1. The number of ketones is 1. The Balaban J connectivity index is 2.41. The molecule has 124 valence electrons. The summed E-state index contributed by atoms with van der Waals surface area (Å²) in [6.07, 6.45) is -2.96. The molecule has 0 spiro atoms. The highest BCUT2D eigenvalue weighted by Crippen LogP contribution is 2.35. The van der Waals surface area contributed by atoms with Crippen LogP contribution < -0.4 is 4.74 Å². The number of allylic oxidation sites excluding steroid dienone is 2. The van der Waals surface area contributed by atoms with Crippen LogP contribution in [0.2, 0.25) is 0 Å². The van der Waals surface area contributed by atoms with Gasteiger partial charge in [-0.1, -0.05) is 6.07 Å². The zero-order valence-corrected chi connectivity index (χ0v) is 12.3. The highest BCUT2D eigenvalue weighted by Gasteiger charge is 2.42. The zero-order chi connectivity index (χ0) is 17.2. The van der Waals surface area contributed by atoms with Crippen LogP contribution in [0, 0.1) is 0 Å². The van der Waals surface area contributed by atoms with Crippen molar-refractivity contribution in [3.05, 3.63) is 40.7 Å². The number of aromatic hydroxyl groups is 1. The van der Waals surface area contributed by atoms with E-state index in [1.165, 1.54) is 31.4 Å². The summed E-state index contributed by atoms with van der Waals surface area (Å²) in [5.41, 5.74) is 0.166. The fourth-order valence-corrected chi connectivity index (χ4v) is 2.40. The molecule has 1 aromatic rings. The first-order chi connectivity index (χ1) is 10.7. The van der Waals surface area contributed by atoms with Gasteiger partial charge in [0, 0.05) is 5.57 Å². The van der Waals surface area contributed by atoms with E-state index >= 15 is 0 Å². The molecule has 0 amide bonds. The summed E-state index contributed by atoms with van der Waals surface area (Å²) in [6.45, 7) is 0. The predicted octanol–water partition coefficient (Wildman–Crippen LogP) is 3.91. The summed E-state index contributed by atoms with van der Waals surface area (Å²) >= 11 is 0. The SMILES string of the molecule is COc1cc(/C=C2\CCCC(C(=O)C(F)(F)F)=C2O)ccc1O. The summed E-state index contributed by atoms with van der Waals surface area (Å²) < 4.78 is 42.6. The van der Waals surface area contributed by atoms with Crippen molar-refractivity contribution < 1.29 is 32.9 Å². The molecule has 0 atom stereocenters. The van der Waals surface area contributed by atoms with E-state index in [1.54, 1.807) is 0 Å². The average molecular weight is 328 g/mol. The topological polar surface area (TPSA) is 66.8 Å². The van der Waals surface area contributed by atoms with Gasteiger partial charge >= 0.3 is 6.18 Å². The third kappa shape index (κ3) is 3.67. The van der Waals surface area contributed by atoms with Crippen molar-refractivity contribution in [3.8, 4) is 11.5 Å². The maximum absolute atomic E-state index is 12.5. The maximum Gasteiger partial charge on any atom is 0.454 e. The number of carbonyl (C=O) groups is 1. The molecule has 23 heavy (non-hydrogen) atoms. The molecule has 0 unspecified atom stereocenters. The molecule has 0 radical (unpaired) electrons. The molecule has 0 saturated heterocycles. The van der Waals surface area contributed by atoms with E-state index in [9.17, 15) is 28.2 Å². The minimum atomic E-state index is -5.01. The molecule has 2 rings (SSSR count). The average Bonchev–Trinajstić information content (AvgIpc) is 2.49. The van der Waals surface area contributed by atoms with Crippen molar-refractivity contribution in [2.24, 2.45) is 0 Å². The predicted molar refractivity (Wildman–Crippen MR) is 77.2 cm³/mol. The van der Waals surface area contributed by atoms with Crippen LogP contribution in [-0.4, -0.2) is 29.3 Å². The molecule has 0 fully saturated rings. The number of hydrogen-bond donors (Lipinski definition) is 2. The standard InChI is InChI=1S/C16H15F3O4/c1-23-13-8-9(5-6-12(13)20)7-10-3-2-4-11(14(10)21)15(22)16(17,18)19/h5-8,20-21H,2-4H2,1H3/b10-7+. The number of benzene rings is 1. The highest BCUT2D eigenvalue weighted by molar-refractivity contribution is 6.00. The smallest absolute Gasteiger partial charge is 0.454 e. The molecule has 0 aromatic heterocycles. The van der Waals surface area contributed by atoms with Crippen molar-refractivity contribution >= 4 is 11.9 Å². The van der Waals surface area contributed by atoms with Crippen LogP contribution in [0.5, 0.6) is 11.5 Å². The molecule has 1 aliphatic carbocycles. The van der Waals surface area contributed by atoms with Crippen LogP contribution in [0.1, 0.15) is 24.8 Å². The Hall–Kier alpha value is -2.44. The molecule has 0 aliphatic heterocycles. The number of carbonyl (C=O) groups excluding carboxylic acids is 1. The lowest BCUT2D eigenvalue weighted by Crippen LogP contribution is -2.27. The first-order valence-electron chi connectivity index (χ1n) is 6.85. The largest absolute Gasteiger partial charge is 0.507 e. The molecule has 0 saturated carbocycles. The van der Waals surface area contributed by atoms with Crippen LogP contribution >= 0.6 is 0 Å². The molecule has 4 nitrogen and oxygen atoms in total. The number of ether oxygens (including phenoxy) is 1. The van der Waals surface area contributed by atoms with Crippen LogP contribution in [0.25, 0.3) is 6.08 Å². The van der Waals surface area contributed by atoms with E-state index in [-0.39, 0.29) is 23.5 Å². The molecular weight excluding hydrogens is 313 g/mol. The number of methoxy groups -OCH3 is 1. The number of phenolic OH excluding ortho intramolecular Hbond substituents is 1. The third-order valence-electron chi connectivity index (χ3n) is 3.54. The minimum absolute atomic E-state index is 0.0778. The Morgan fingerprint density at radius 3 is 2.57 bits per heavy atom. The fourth-order valence-electron chi connectivity index (χ4n) is 2.40. The van der Waals surface area contributed by atoms with Gasteiger partial charge in [-0.15, -0.1) is 0 Å². The summed E-state index contributed by atoms with van der Waals surface area (Å²) in [7, 11) is 1.37. The van der Waals surface area contributed by atoms with E-state index in [4.69, 9.17) is 4.74 Å². The van der Waals surface area contributed by atoms with E-state index in [0.717, 1.165) is 0 Å². The normalized spacial score (nSPS) is 17.5. The summed E-state index contributed by atoms with van der Waals surface area (Å²) in [5, 5.41) is 19.5. The van der Waals surface area contributed by atoms with Gasteiger partial charge in [-0.25, -0.2) is 0 Å². The Morgan fingerprint density at radius 2 is 1.96 bits per heavy atom. The van der Waals surface area contributed by atoms with Gasteiger partial charge < -0.3 is 14.9 Å². The number of halogens is 3. The van der Waals surface area contributed by atoms with Crippen molar-refractivity contribution in [2.75, 3.05) is 7.11 Å². The Labute approximate surface area is 130 Å². The monoisotopic (exact) mass is 328 g/mol. The van der Waals surface area contributed by atoms with Gasteiger partial charge in [0.1, 0.15) is 5.76 Å². The molecule has 0 bridgehead atoms. The molecule has 7 heteroatoms. The van der Waals surface area contributed by atoms with Crippen LogP contribution in [0.15, 0.2) is 35.1 Å². The van der Waals surface area contributed by atoms with Crippen molar-refractivity contribution in [1.82, 2.24) is 0 Å². The number of phenols is 1. The van der Waals surface area contributed by atoms with Gasteiger partial charge in [-0.2, -0.15) is 13.2 Å². The number of aliphatic hydroxyl groups is 1. The summed E-state index contributed by atoms with van der Waals surface area (Å²) in [6, 6.07) is 4.38. The van der Waals surface area contributed by atoms with Gasteiger partial charge in [0.05, 0.1) is 7.11 Å². The Morgan fingerprint density at radius 1 is 1.26 bits per heavy atom. The number of rotatable bonds is 3. The van der Waals surface area contributed by atoms with Gasteiger partial charge in [0.15, 0.2) is 11.5 Å². The van der Waals surface area contributed by atoms with E-state index < -0.39 is 23.3 Å². The maximum atomic E-state index is 12.5. The molecule has 1 aromatic carbocycles. The van der Waals surface area contributed by atoms with E-state index in [0.29, 0.717) is 18.4 Å². The van der Waals surface area contributed by atoms with Crippen LogP contribution in [0.3, 0.4) is 0 Å². The zero-order valence-electron chi connectivity index (χ0n) is 12.3. The van der Waals surface area contributed by atoms with Crippen LogP contribution in [0.4, 0.5) is 13.2 Å². The Bertz CT molecular complexity index is 687. The summed E-state index contributed by atoms with van der Waals surface area (Å²) in [4.78, 5) is 11.3. The van der Waals surface area contributed by atoms with Crippen molar-refractivity contribution in [1.29, 1.82) is 0 Å². The Kier molecular flexibility index (Phi) is 4.68. The highest BCUT2D eigenvalue weighted by atomic mass is 19.4. The second-order valence-corrected chi connectivity index (χ2v) is 5.11. The van der Waals surface area contributed by atoms with Gasteiger partial charge in [-0.3, -0.25) is 4.79 Å². The third-order valence-corrected chi connectivity index (χ3v) is 3.54. The second-order valence-electron chi connectivity index (χ2n) is 5.11. The fraction of sp³-hybridized carbons (Fsp3) is 0.312. The quantitative estimate of drug-likeness (QED) is 0.883. The lowest BCUT2D eigenvalue weighted by molar-refractivity contribution is -0.167. The first-order valence-corrected chi connectivity index (χ1v) is 6.85.